The van der Waals surface area contributed by atoms with Crippen molar-refractivity contribution in [3.05, 3.63) is 59.4 Å². The van der Waals surface area contributed by atoms with Crippen LogP contribution in [0.25, 0.3) is 0 Å². The Balaban J connectivity index is 1.59. The van der Waals surface area contributed by atoms with Crippen LogP contribution < -0.4 is 4.90 Å². The Hall–Kier alpha value is -2.69. The number of benzene rings is 1. The molecule has 4 rings (SSSR count). The SMILES string of the molecule is CCC1CCCCN1C(=O)c1cc(C(=O)N2CCCc3ccccc32)ccn1. The van der Waals surface area contributed by atoms with Crippen molar-refractivity contribution < 1.29 is 9.59 Å². The van der Waals surface area contributed by atoms with Crippen LogP contribution in [0.2, 0.25) is 0 Å². The number of para-hydroxylation sites is 1. The molecule has 3 heterocycles. The van der Waals surface area contributed by atoms with Gasteiger partial charge in [0.25, 0.3) is 11.8 Å². The second-order valence-electron chi connectivity index (χ2n) is 7.68. The van der Waals surface area contributed by atoms with Crippen LogP contribution in [0, 0.1) is 0 Å². The molecule has 1 unspecified atom stereocenters. The number of carbonyl (C=O) groups excluding carboxylic acids is 2. The molecule has 0 saturated carbocycles. The summed E-state index contributed by atoms with van der Waals surface area (Å²) in [6, 6.07) is 11.7. The number of fused-ring (bicyclic) bond motifs is 1. The molecule has 1 aromatic carbocycles. The number of nitrogens with zero attached hydrogens (tertiary/aromatic N) is 3. The highest BCUT2D eigenvalue weighted by molar-refractivity contribution is 6.07. The number of amides is 2. The maximum Gasteiger partial charge on any atom is 0.272 e. The lowest BCUT2D eigenvalue weighted by molar-refractivity contribution is 0.0602. The normalized spacial score (nSPS) is 19.2. The topological polar surface area (TPSA) is 53.5 Å². The van der Waals surface area contributed by atoms with Gasteiger partial charge < -0.3 is 9.80 Å². The first-order chi connectivity index (χ1) is 13.7. The van der Waals surface area contributed by atoms with Crippen molar-refractivity contribution in [1.82, 2.24) is 9.88 Å². The first kappa shape index (κ1) is 18.7. The second-order valence-corrected chi connectivity index (χ2v) is 7.68. The highest BCUT2D eigenvalue weighted by Crippen LogP contribution is 2.28. The third-order valence-corrected chi connectivity index (χ3v) is 5.94. The molecule has 2 aromatic rings. The van der Waals surface area contributed by atoms with Crippen molar-refractivity contribution in [3.8, 4) is 0 Å². The maximum absolute atomic E-state index is 13.2. The van der Waals surface area contributed by atoms with Gasteiger partial charge >= 0.3 is 0 Å². The summed E-state index contributed by atoms with van der Waals surface area (Å²) in [5.41, 5.74) is 3.08. The van der Waals surface area contributed by atoms with Gasteiger partial charge in [0.15, 0.2) is 0 Å². The van der Waals surface area contributed by atoms with Gasteiger partial charge in [-0.25, -0.2) is 0 Å². The molecule has 0 radical (unpaired) electrons. The molecule has 0 bridgehead atoms. The van der Waals surface area contributed by atoms with E-state index in [1.165, 1.54) is 12.0 Å². The number of rotatable bonds is 3. The van der Waals surface area contributed by atoms with E-state index in [9.17, 15) is 9.59 Å². The lowest BCUT2D eigenvalue weighted by atomic mass is 9.99. The Kier molecular flexibility index (Phi) is 5.42. The molecule has 28 heavy (non-hydrogen) atoms. The lowest BCUT2D eigenvalue weighted by Gasteiger charge is -2.35. The van der Waals surface area contributed by atoms with Crippen molar-refractivity contribution in [3.63, 3.8) is 0 Å². The molecule has 0 N–H and O–H groups in total. The molecule has 1 saturated heterocycles. The van der Waals surface area contributed by atoms with Crippen LogP contribution in [-0.2, 0) is 6.42 Å². The van der Waals surface area contributed by atoms with Gasteiger partial charge in [0.05, 0.1) is 0 Å². The van der Waals surface area contributed by atoms with Crippen LogP contribution in [0.1, 0.15) is 65.4 Å². The first-order valence-corrected chi connectivity index (χ1v) is 10.4. The molecule has 5 heteroatoms. The summed E-state index contributed by atoms with van der Waals surface area (Å²) < 4.78 is 0. The standard InChI is InChI=1S/C23H27N3O2/c1-2-19-10-5-6-14-25(19)23(28)20-16-18(12-13-24-20)22(27)26-15-7-9-17-8-3-4-11-21(17)26/h3-4,8,11-13,16,19H,2,5-7,9-10,14-15H2,1H3. The van der Waals surface area contributed by atoms with E-state index in [0.29, 0.717) is 17.8 Å². The molecular formula is C23H27N3O2. The van der Waals surface area contributed by atoms with Crippen LogP contribution >= 0.6 is 0 Å². The summed E-state index contributed by atoms with van der Waals surface area (Å²) in [5.74, 6) is -0.116. The molecule has 2 aliphatic heterocycles. The van der Waals surface area contributed by atoms with Gasteiger partial charge in [0.2, 0.25) is 0 Å². The fourth-order valence-corrected chi connectivity index (χ4v) is 4.42. The molecule has 1 fully saturated rings. The predicted molar refractivity (Wildman–Crippen MR) is 110 cm³/mol. The zero-order chi connectivity index (χ0) is 19.5. The van der Waals surface area contributed by atoms with Gasteiger partial charge in [-0.05, 0) is 62.3 Å². The van der Waals surface area contributed by atoms with Crippen LogP contribution in [-0.4, -0.2) is 40.8 Å². The van der Waals surface area contributed by atoms with Crippen molar-refractivity contribution in [1.29, 1.82) is 0 Å². The Bertz CT molecular complexity index is 880. The van der Waals surface area contributed by atoms with Crippen molar-refractivity contribution in [2.75, 3.05) is 18.0 Å². The summed E-state index contributed by atoms with van der Waals surface area (Å²) in [6.07, 6.45) is 7.73. The smallest absolute Gasteiger partial charge is 0.272 e. The number of piperidine rings is 1. The Labute approximate surface area is 166 Å². The zero-order valence-electron chi connectivity index (χ0n) is 16.4. The third-order valence-electron chi connectivity index (χ3n) is 5.94. The Morgan fingerprint density at radius 3 is 2.79 bits per heavy atom. The van der Waals surface area contributed by atoms with Gasteiger partial charge in [-0.3, -0.25) is 14.6 Å². The number of aryl methyl sites for hydroxylation is 1. The largest absolute Gasteiger partial charge is 0.334 e. The van der Waals surface area contributed by atoms with E-state index in [1.54, 1.807) is 18.3 Å². The highest BCUT2D eigenvalue weighted by Gasteiger charge is 2.28. The van der Waals surface area contributed by atoms with Gasteiger partial charge in [-0.15, -0.1) is 0 Å². The molecule has 2 aliphatic rings. The molecule has 1 aromatic heterocycles. The van der Waals surface area contributed by atoms with Gasteiger partial charge in [-0.2, -0.15) is 0 Å². The number of aromatic nitrogens is 1. The summed E-state index contributed by atoms with van der Waals surface area (Å²) >= 11 is 0. The van der Waals surface area contributed by atoms with Crippen molar-refractivity contribution >= 4 is 17.5 Å². The molecule has 1 atom stereocenters. The van der Waals surface area contributed by atoms with E-state index in [-0.39, 0.29) is 17.9 Å². The summed E-state index contributed by atoms with van der Waals surface area (Å²) in [5, 5.41) is 0. The summed E-state index contributed by atoms with van der Waals surface area (Å²) in [7, 11) is 0. The van der Waals surface area contributed by atoms with E-state index in [0.717, 1.165) is 44.3 Å². The Morgan fingerprint density at radius 2 is 1.93 bits per heavy atom. The lowest BCUT2D eigenvalue weighted by Crippen LogP contribution is -2.43. The molecular weight excluding hydrogens is 350 g/mol. The van der Waals surface area contributed by atoms with E-state index in [2.05, 4.69) is 18.0 Å². The van der Waals surface area contributed by atoms with E-state index < -0.39 is 0 Å². The quantitative estimate of drug-likeness (QED) is 0.810. The maximum atomic E-state index is 13.2. The third kappa shape index (κ3) is 3.53. The first-order valence-electron chi connectivity index (χ1n) is 10.4. The second kappa shape index (κ2) is 8.13. The van der Waals surface area contributed by atoms with Gasteiger partial charge in [0, 0.05) is 36.6 Å². The summed E-state index contributed by atoms with van der Waals surface area (Å²) in [6.45, 7) is 3.60. The van der Waals surface area contributed by atoms with Gasteiger partial charge in [-0.1, -0.05) is 25.1 Å². The number of anilines is 1. The molecule has 2 amide bonds. The monoisotopic (exact) mass is 377 g/mol. The molecule has 146 valence electrons. The van der Waals surface area contributed by atoms with Crippen molar-refractivity contribution in [2.45, 2.75) is 51.5 Å². The Morgan fingerprint density at radius 1 is 1.07 bits per heavy atom. The minimum Gasteiger partial charge on any atom is -0.334 e. The number of hydrogen-bond donors (Lipinski definition) is 0. The summed E-state index contributed by atoms with van der Waals surface area (Å²) in [4.78, 5) is 34.3. The highest BCUT2D eigenvalue weighted by atomic mass is 16.2. The average molecular weight is 377 g/mol. The number of pyridine rings is 1. The predicted octanol–water partition coefficient (Wildman–Crippen LogP) is 4.08. The fourth-order valence-electron chi connectivity index (χ4n) is 4.42. The average Bonchev–Trinajstić information content (AvgIpc) is 2.77. The molecule has 5 nitrogen and oxygen atoms in total. The minimum atomic E-state index is -0.0608. The number of hydrogen-bond acceptors (Lipinski definition) is 3. The minimum absolute atomic E-state index is 0.0553. The van der Waals surface area contributed by atoms with Crippen LogP contribution in [0.4, 0.5) is 5.69 Å². The van der Waals surface area contributed by atoms with Crippen LogP contribution in [0.15, 0.2) is 42.6 Å². The number of carbonyl (C=O) groups is 2. The van der Waals surface area contributed by atoms with E-state index in [4.69, 9.17) is 0 Å². The van der Waals surface area contributed by atoms with Gasteiger partial charge in [0.1, 0.15) is 5.69 Å². The molecule has 0 spiro atoms. The zero-order valence-corrected chi connectivity index (χ0v) is 16.4. The van der Waals surface area contributed by atoms with Crippen LogP contribution in [0.3, 0.4) is 0 Å². The number of likely N-dealkylation sites (tertiary alicyclic amines) is 1. The molecule has 0 aliphatic carbocycles. The fraction of sp³-hybridized carbons (Fsp3) is 0.435. The van der Waals surface area contributed by atoms with Crippen molar-refractivity contribution in [2.24, 2.45) is 0 Å². The van der Waals surface area contributed by atoms with E-state index in [1.807, 2.05) is 28.0 Å². The van der Waals surface area contributed by atoms with Crippen LogP contribution in [0.5, 0.6) is 0 Å². The van der Waals surface area contributed by atoms with E-state index >= 15 is 0 Å².